The van der Waals surface area contributed by atoms with Gasteiger partial charge in [0.25, 0.3) is 5.56 Å². The molecule has 0 atom stereocenters. The molecule has 0 saturated heterocycles. The number of rotatable bonds is 7. The van der Waals surface area contributed by atoms with Gasteiger partial charge in [0.05, 0.1) is 29.3 Å². The first-order valence-electron chi connectivity index (χ1n) is 12.9. The van der Waals surface area contributed by atoms with E-state index in [4.69, 9.17) is 4.74 Å². The second kappa shape index (κ2) is 11.4. The molecule has 1 aliphatic rings. The molecule has 0 bridgehead atoms. The topological polar surface area (TPSA) is 120 Å². The van der Waals surface area contributed by atoms with Gasteiger partial charge in [-0.1, -0.05) is 48.5 Å². The van der Waals surface area contributed by atoms with Crippen molar-refractivity contribution in [2.75, 3.05) is 19.0 Å². The highest BCUT2D eigenvalue weighted by molar-refractivity contribution is 6.01. The highest BCUT2D eigenvalue weighted by Crippen LogP contribution is 2.19. The van der Waals surface area contributed by atoms with Crippen LogP contribution in [0.15, 0.2) is 82.4 Å². The molecule has 0 radical (unpaired) electrons. The first kappa shape index (κ1) is 26.6. The van der Waals surface area contributed by atoms with E-state index >= 15 is 0 Å². The second-order valence-electron chi connectivity index (χ2n) is 9.51. The number of methoxy groups -OCH3 is 1. The van der Waals surface area contributed by atoms with Crippen molar-refractivity contribution in [2.24, 2.45) is 0 Å². The Bertz CT molecular complexity index is 1740. The third-order valence-corrected chi connectivity index (χ3v) is 7.07. The number of carbonyl (C=O) groups excluding carboxylic acids is 3. The van der Waals surface area contributed by atoms with Crippen LogP contribution in [0.1, 0.15) is 27.9 Å². The summed E-state index contributed by atoms with van der Waals surface area (Å²) >= 11 is 0. The molecule has 40 heavy (non-hydrogen) atoms. The van der Waals surface area contributed by atoms with Crippen LogP contribution in [0.3, 0.4) is 0 Å². The third kappa shape index (κ3) is 5.28. The van der Waals surface area contributed by atoms with E-state index in [1.165, 1.54) is 23.3 Å². The maximum Gasteiger partial charge on any atom is 0.339 e. The largest absolute Gasteiger partial charge is 0.465 e. The third-order valence-electron chi connectivity index (χ3n) is 7.07. The molecule has 1 aliphatic heterocycles. The number of para-hydroxylation sites is 2. The van der Waals surface area contributed by atoms with Gasteiger partial charge in [0.1, 0.15) is 6.54 Å². The first-order chi connectivity index (χ1) is 19.4. The van der Waals surface area contributed by atoms with Crippen molar-refractivity contribution >= 4 is 34.4 Å². The Morgan fingerprint density at radius 2 is 1.57 bits per heavy atom. The van der Waals surface area contributed by atoms with Crippen LogP contribution < -0.4 is 16.6 Å². The molecule has 10 heteroatoms. The number of nitrogens with zero attached hydrogens (tertiary/aromatic N) is 3. The molecule has 0 saturated carbocycles. The van der Waals surface area contributed by atoms with Crippen molar-refractivity contribution in [1.82, 2.24) is 14.0 Å². The van der Waals surface area contributed by atoms with Crippen molar-refractivity contribution in [3.8, 4) is 0 Å². The van der Waals surface area contributed by atoms with Crippen molar-refractivity contribution in [2.45, 2.75) is 32.5 Å². The van der Waals surface area contributed by atoms with Gasteiger partial charge in [-0.3, -0.25) is 23.5 Å². The number of ether oxygens (including phenoxy) is 1. The molecular weight excluding hydrogens is 512 g/mol. The molecule has 204 valence electrons. The zero-order valence-electron chi connectivity index (χ0n) is 22.0. The van der Waals surface area contributed by atoms with Gasteiger partial charge in [-0.2, -0.15) is 0 Å². The molecule has 2 amide bonds. The maximum absolute atomic E-state index is 13.5. The lowest BCUT2D eigenvalue weighted by atomic mass is 10.00. The van der Waals surface area contributed by atoms with E-state index in [9.17, 15) is 24.0 Å². The molecule has 1 N–H and O–H groups in total. The summed E-state index contributed by atoms with van der Waals surface area (Å²) < 4.78 is 6.99. The van der Waals surface area contributed by atoms with Crippen LogP contribution in [-0.2, 0) is 40.4 Å². The summed E-state index contributed by atoms with van der Waals surface area (Å²) in [4.78, 5) is 66.7. The van der Waals surface area contributed by atoms with Crippen molar-refractivity contribution in [3.63, 3.8) is 0 Å². The van der Waals surface area contributed by atoms with Crippen LogP contribution in [0, 0.1) is 0 Å². The molecule has 10 nitrogen and oxygen atoms in total. The number of anilines is 1. The smallest absolute Gasteiger partial charge is 0.339 e. The van der Waals surface area contributed by atoms with Crippen molar-refractivity contribution in [1.29, 1.82) is 0 Å². The molecule has 2 heterocycles. The summed E-state index contributed by atoms with van der Waals surface area (Å²) in [5.74, 6) is -1.34. The van der Waals surface area contributed by atoms with Crippen molar-refractivity contribution in [3.05, 3.63) is 110 Å². The van der Waals surface area contributed by atoms with Gasteiger partial charge in [-0.15, -0.1) is 0 Å². The SMILES string of the molecule is COC(=O)c1ccccc1NC(=O)Cn1c(=O)n(CCC(=O)N2CCc3ccccc3C2)c(=O)c2ccccc21. The van der Waals surface area contributed by atoms with Crippen LogP contribution in [0.5, 0.6) is 0 Å². The zero-order chi connectivity index (χ0) is 28.2. The van der Waals surface area contributed by atoms with Gasteiger partial charge in [0.15, 0.2) is 0 Å². The minimum Gasteiger partial charge on any atom is -0.465 e. The fourth-order valence-corrected chi connectivity index (χ4v) is 5.01. The van der Waals surface area contributed by atoms with E-state index in [1.54, 1.807) is 47.4 Å². The number of fused-ring (bicyclic) bond motifs is 2. The summed E-state index contributed by atoms with van der Waals surface area (Å²) in [5.41, 5.74) is 1.78. The number of amides is 2. The normalized spacial score (nSPS) is 12.6. The van der Waals surface area contributed by atoms with E-state index < -0.39 is 29.7 Å². The zero-order valence-corrected chi connectivity index (χ0v) is 22.0. The summed E-state index contributed by atoms with van der Waals surface area (Å²) in [5, 5.41) is 2.91. The summed E-state index contributed by atoms with van der Waals surface area (Å²) in [6.45, 7) is 0.525. The standard InChI is InChI=1S/C30H28N4O6/c1-40-29(38)22-10-4-6-12-24(22)31-26(35)19-34-25-13-7-5-11-23(25)28(37)33(30(34)39)17-15-27(36)32-16-14-20-8-2-3-9-21(20)18-32/h2-13H,14-19H2,1H3,(H,31,35). The predicted octanol–water partition coefficient (Wildman–Crippen LogP) is 2.56. The molecule has 0 unspecified atom stereocenters. The highest BCUT2D eigenvalue weighted by atomic mass is 16.5. The lowest BCUT2D eigenvalue weighted by Gasteiger charge is -2.29. The second-order valence-corrected chi connectivity index (χ2v) is 9.51. The van der Waals surface area contributed by atoms with Crippen LogP contribution in [0.25, 0.3) is 10.9 Å². The van der Waals surface area contributed by atoms with E-state index in [-0.39, 0.29) is 35.5 Å². The van der Waals surface area contributed by atoms with Gasteiger partial charge >= 0.3 is 11.7 Å². The number of benzene rings is 3. The lowest BCUT2D eigenvalue weighted by molar-refractivity contribution is -0.132. The Balaban J connectivity index is 1.39. The number of esters is 1. The number of aromatic nitrogens is 2. The van der Waals surface area contributed by atoms with Gasteiger partial charge in [-0.05, 0) is 41.8 Å². The molecule has 0 spiro atoms. The Morgan fingerprint density at radius 1 is 0.875 bits per heavy atom. The average molecular weight is 541 g/mol. The lowest BCUT2D eigenvalue weighted by Crippen LogP contribution is -2.43. The van der Waals surface area contributed by atoms with E-state index in [2.05, 4.69) is 11.4 Å². The van der Waals surface area contributed by atoms with E-state index in [1.807, 2.05) is 18.2 Å². The van der Waals surface area contributed by atoms with Crippen LogP contribution in [0.2, 0.25) is 0 Å². The monoisotopic (exact) mass is 540 g/mol. The minimum atomic E-state index is -0.697. The average Bonchev–Trinajstić information content (AvgIpc) is 2.98. The quantitative estimate of drug-likeness (QED) is 0.360. The first-order valence-corrected chi connectivity index (χ1v) is 12.9. The van der Waals surface area contributed by atoms with Gasteiger partial charge in [-0.25, -0.2) is 9.59 Å². The minimum absolute atomic E-state index is 0.0334. The van der Waals surface area contributed by atoms with Crippen LogP contribution >= 0.6 is 0 Å². The number of carbonyl (C=O) groups is 3. The molecule has 4 aromatic rings. The van der Waals surface area contributed by atoms with Gasteiger partial charge in [0, 0.05) is 26.1 Å². The number of nitrogens with one attached hydrogen (secondary N) is 1. The fourth-order valence-electron chi connectivity index (χ4n) is 5.01. The molecule has 1 aromatic heterocycles. The van der Waals surface area contributed by atoms with E-state index in [0.717, 1.165) is 16.6 Å². The molecule has 5 rings (SSSR count). The Morgan fingerprint density at radius 3 is 2.38 bits per heavy atom. The Kier molecular flexibility index (Phi) is 7.59. The molecule has 0 fully saturated rings. The summed E-state index contributed by atoms with van der Waals surface area (Å²) in [7, 11) is 1.24. The Hall–Kier alpha value is -4.99. The fraction of sp³-hybridized carbons (Fsp3) is 0.233. The number of hydrogen-bond acceptors (Lipinski definition) is 6. The van der Waals surface area contributed by atoms with Gasteiger partial charge < -0.3 is 15.0 Å². The predicted molar refractivity (Wildman–Crippen MR) is 149 cm³/mol. The maximum atomic E-state index is 13.5. The summed E-state index contributed by atoms with van der Waals surface area (Å²) in [6.07, 6.45) is 0.715. The Labute approximate surface area is 229 Å². The highest BCUT2D eigenvalue weighted by Gasteiger charge is 2.22. The van der Waals surface area contributed by atoms with Crippen LogP contribution in [0.4, 0.5) is 5.69 Å². The molecule has 0 aliphatic carbocycles. The van der Waals surface area contributed by atoms with E-state index in [0.29, 0.717) is 18.6 Å². The summed E-state index contributed by atoms with van der Waals surface area (Å²) in [6, 6.07) is 20.8. The van der Waals surface area contributed by atoms with Crippen LogP contribution in [-0.4, -0.2) is 45.5 Å². The van der Waals surface area contributed by atoms with Crippen molar-refractivity contribution < 1.29 is 19.1 Å². The van der Waals surface area contributed by atoms with Gasteiger partial charge in [0.2, 0.25) is 11.8 Å². The molecule has 3 aromatic carbocycles. The molecular formula is C30H28N4O6. The number of hydrogen-bond donors (Lipinski definition) is 1.